The Morgan fingerprint density at radius 3 is 2.38 bits per heavy atom. The molecular formula is C22H18INO2. The van der Waals surface area contributed by atoms with Gasteiger partial charge in [-0.1, -0.05) is 12.1 Å². The monoisotopic (exact) mass is 455 g/mol. The molecule has 130 valence electrons. The van der Waals surface area contributed by atoms with Gasteiger partial charge in [-0.05, 0) is 78.0 Å². The number of ketones is 1. The van der Waals surface area contributed by atoms with Crippen LogP contribution >= 0.6 is 22.6 Å². The van der Waals surface area contributed by atoms with Crippen LogP contribution in [-0.2, 0) is 6.54 Å². The summed E-state index contributed by atoms with van der Waals surface area (Å²) in [7, 11) is 1.67. The number of rotatable bonds is 4. The van der Waals surface area contributed by atoms with E-state index in [1.807, 2.05) is 54.6 Å². The second-order valence-corrected chi connectivity index (χ2v) is 7.33. The summed E-state index contributed by atoms with van der Waals surface area (Å²) in [5.74, 6) is 0.874. The zero-order valence-corrected chi connectivity index (χ0v) is 16.8. The van der Waals surface area contributed by atoms with Crippen LogP contribution in [0.4, 0.5) is 0 Å². The topological polar surface area (TPSA) is 31.2 Å². The van der Waals surface area contributed by atoms with E-state index < -0.39 is 0 Å². The number of aryl methyl sites for hydroxylation is 1. The molecule has 4 aromatic rings. The van der Waals surface area contributed by atoms with Gasteiger partial charge in [-0.3, -0.25) is 4.79 Å². The van der Waals surface area contributed by atoms with Gasteiger partial charge in [0.25, 0.3) is 0 Å². The highest BCUT2D eigenvalue weighted by atomic mass is 127. The third kappa shape index (κ3) is 2.69. The number of halogens is 1. The Morgan fingerprint density at radius 2 is 1.69 bits per heavy atom. The van der Waals surface area contributed by atoms with E-state index in [1.54, 1.807) is 7.11 Å². The lowest BCUT2D eigenvalue weighted by Crippen LogP contribution is -2.03. The van der Waals surface area contributed by atoms with Gasteiger partial charge in [-0.2, -0.15) is 0 Å². The van der Waals surface area contributed by atoms with Crippen molar-refractivity contribution in [3.8, 4) is 5.75 Å². The highest BCUT2D eigenvalue weighted by Crippen LogP contribution is 2.33. The molecule has 1 heterocycles. The Bertz CT molecular complexity index is 1140. The quantitative estimate of drug-likeness (QED) is 0.294. The number of fused-ring (bicyclic) bond motifs is 3. The largest absolute Gasteiger partial charge is 0.497 e. The SMILES string of the molecule is CCn1c2ccc(OC)cc2c2cc(C(=O)c3ccccc3I)ccc21. The average Bonchev–Trinajstić information content (AvgIpc) is 2.99. The van der Waals surface area contributed by atoms with E-state index in [1.165, 1.54) is 0 Å². The van der Waals surface area contributed by atoms with E-state index in [9.17, 15) is 4.79 Å². The molecule has 0 unspecified atom stereocenters. The highest BCUT2D eigenvalue weighted by molar-refractivity contribution is 14.1. The fraction of sp³-hybridized carbons (Fsp3) is 0.136. The first-order valence-corrected chi connectivity index (χ1v) is 9.61. The summed E-state index contributed by atoms with van der Waals surface area (Å²) in [5.41, 5.74) is 3.74. The summed E-state index contributed by atoms with van der Waals surface area (Å²) in [4.78, 5) is 13.0. The Hall–Kier alpha value is -2.34. The molecule has 0 radical (unpaired) electrons. The van der Waals surface area contributed by atoms with Crippen molar-refractivity contribution < 1.29 is 9.53 Å². The van der Waals surface area contributed by atoms with E-state index in [0.29, 0.717) is 5.56 Å². The molecule has 26 heavy (non-hydrogen) atoms. The summed E-state index contributed by atoms with van der Waals surface area (Å²) >= 11 is 2.21. The third-order valence-corrected chi connectivity index (χ3v) is 5.71. The molecule has 0 atom stereocenters. The normalized spacial score (nSPS) is 11.2. The van der Waals surface area contributed by atoms with E-state index in [0.717, 1.165) is 43.2 Å². The highest BCUT2D eigenvalue weighted by Gasteiger charge is 2.16. The molecule has 0 bridgehead atoms. The van der Waals surface area contributed by atoms with E-state index in [4.69, 9.17) is 4.74 Å². The number of hydrogen-bond acceptors (Lipinski definition) is 2. The zero-order chi connectivity index (χ0) is 18.3. The van der Waals surface area contributed by atoms with E-state index in [2.05, 4.69) is 40.1 Å². The van der Waals surface area contributed by atoms with Crippen LogP contribution < -0.4 is 4.74 Å². The fourth-order valence-corrected chi connectivity index (χ4v) is 4.13. The van der Waals surface area contributed by atoms with Crippen LogP contribution in [0.5, 0.6) is 5.75 Å². The van der Waals surface area contributed by atoms with Crippen molar-refractivity contribution in [2.75, 3.05) is 7.11 Å². The van der Waals surface area contributed by atoms with E-state index in [-0.39, 0.29) is 5.78 Å². The van der Waals surface area contributed by atoms with Gasteiger partial charge in [-0.25, -0.2) is 0 Å². The molecule has 3 nitrogen and oxygen atoms in total. The van der Waals surface area contributed by atoms with E-state index >= 15 is 0 Å². The van der Waals surface area contributed by atoms with Crippen LogP contribution in [0, 0.1) is 3.57 Å². The smallest absolute Gasteiger partial charge is 0.194 e. The van der Waals surface area contributed by atoms with Gasteiger partial charge in [0.2, 0.25) is 0 Å². The first-order valence-electron chi connectivity index (χ1n) is 8.53. The Morgan fingerprint density at radius 1 is 1.00 bits per heavy atom. The number of aromatic nitrogens is 1. The number of carbonyl (C=O) groups excluding carboxylic acids is 1. The average molecular weight is 455 g/mol. The van der Waals surface area contributed by atoms with Gasteiger partial charge in [0.05, 0.1) is 7.11 Å². The molecule has 0 aliphatic rings. The van der Waals surface area contributed by atoms with Crippen LogP contribution in [0.25, 0.3) is 21.8 Å². The second-order valence-electron chi connectivity index (χ2n) is 6.17. The van der Waals surface area contributed by atoms with Crippen LogP contribution in [-0.4, -0.2) is 17.5 Å². The third-order valence-electron chi connectivity index (χ3n) is 4.77. The van der Waals surface area contributed by atoms with Crippen molar-refractivity contribution >= 4 is 50.2 Å². The first kappa shape index (κ1) is 17.1. The maximum Gasteiger partial charge on any atom is 0.194 e. The molecule has 0 spiro atoms. The lowest BCUT2D eigenvalue weighted by Gasteiger charge is -2.05. The second kappa shape index (κ2) is 6.76. The Labute approximate surface area is 165 Å². The number of methoxy groups -OCH3 is 1. The predicted octanol–water partition coefficient (Wildman–Crippen LogP) is 5.66. The number of carbonyl (C=O) groups is 1. The Kier molecular flexibility index (Phi) is 4.44. The predicted molar refractivity (Wildman–Crippen MR) is 114 cm³/mol. The van der Waals surface area contributed by atoms with Crippen LogP contribution in [0.1, 0.15) is 22.8 Å². The number of benzene rings is 3. The van der Waals surface area contributed by atoms with Crippen LogP contribution in [0.3, 0.4) is 0 Å². The molecule has 0 fully saturated rings. The van der Waals surface area contributed by atoms with Crippen molar-refractivity contribution in [2.45, 2.75) is 13.5 Å². The van der Waals surface area contributed by atoms with Gasteiger partial charge < -0.3 is 9.30 Å². The molecule has 0 N–H and O–H groups in total. The minimum Gasteiger partial charge on any atom is -0.497 e. The molecule has 3 aromatic carbocycles. The zero-order valence-electron chi connectivity index (χ0n) is 14.6. The minimum absolute atomic E-state index is 0.0530. The summed E-state index contributed by atoms with van der Waals surface area (Å²) in [6.07, 6.45) is 0. The van der Waals surface area contributed by atoms with Gasteiger partial charge in [-0.15, -0.1) is 0 Å². The fourth-order valence-electron chi connectivity index (χ4n) is 3.49. The lowest BCUT2D eigenvalue weighted by molar-refractivity contribution is 0.103. The molecule has 0 aliphatic carbocycles. The minimum atomic E-state index is 0.0530. The summed E-state index contributed by atoms with van der Waals surface area (Å²) in [5, 5.41) is 2.19. The van der Waals surface area contributed by atoms with Crippen LogP contribution in [0.15, 0.2) is 60.7 Å². The van der Waals surface area contributed by atoms with Gasteiger partial charge in [0.15, 0.2) is 5.78 Å². The molecule has 0 saturated carbocycles. The molecule has 0 saturated heterocycles. The number of ether oxygens (including phenoxy) is 1. The maximum absolute atomic E-state index is 13.0. The molecular weight excluding hydrogens is 437 g/mol. The van der Waals surface area contributed by atoms with Crippen molar-refractivity contribution in [2.24, 2.45) is 0 Å². The molecule has 1 aromatic heterocycles. The van der Waals surface area contributed by atoms with Crippen molar-refractivity contribution in [1.29, 1.82) is 0 Å². The number of hydrogen-bond donors (Lipinski definition) is 0. The van der Waals surface area contributed by atoms with Crippen molar-refractivity contribution in [3.05, 3.63) is 75.4 Å². The van der Waals surface area contributed by atoms with Crippen LogP contribution in [0.2, 0.25) is 0 Å². The molecule has 4 heteroatoms. The molecule has 4 rings (SSSR count). The Balaban J connectivity index is 1.95. The van der Waals surface area contributed by atoms with Gasteiger partial charge in [0, 0.05) is 43.0 Å². The summed E-state index contributed by atoms with van der Waals surface area (Å²) in [6.45, 7) is 3.00. The maximum atomic E-state index is 13.0. The summed E-state index contributed by atoms with van der Waals surface area (Å²) in [6, 6.07) is 19.8. The van der Waals surface area contributed by atoms with Crippen molar-refractivity contribution in [3.63, 3.8) is 0 Å². The van der Waals surface area contributed by atoms with Gasteiger partial charge in [0.1, 0.15) is 5.75 Å². The lowest BCUT2D eigenvalue weighted by atomic mass is 10.0. The molecule has 0 aliphatic heterocycles. The van der Waals surface area contributed by atoms with Crippen molar-refractivity contribution in [1.82, 2.24) is 4.57 Å². The summed E-state index contributed by atoms with van der Waals surface area (Å²) < 4.78 is 8.63. The molecule has 0 amide bonds. The number of nitrogens with zero attached hydrogens (tertiary/aromatic N) is 1. The van der Waals surface area contributed by atoms with Gasteiger partial charge >= 0.3 is 0 Å². The standard InChI is InChI=1S/C22H18INO2/c1-3-24-20-10-8-14(22(25)16-6-4-5-7-19(16)23)12-17(20)18-13-15(26-2)9-11-21(18)24/h4-13H,3H2,1-2H3. The first-order chi connectivity index (χ1) is 12.6.